The number of carboxylic acids is 1. The Bertz CT molecular complexity index is 667. The van der Waals surface area contributed by atoms with Crippen LogP contribution in [0.2, 0.25) is 0 Å². The van der Waals surface area contributed by atoms with Gasteiger partial charge in [0, 0.05) is 18.2 Å². The van der Waals surface area contributed by atoms with Crippen molar-refractivity contribution < 1.29 is 24.1 Å². The quantitative estimate of drug-likeness (QED) is 0.794. The van der Waals surface area contributed by atoms with E-state index in [4.69, 9.17) is 19.3 Å². The molecule has 2 aromatic carbocycles. The Hall–Kier alpha value is -2.95. The fourth-order valence-corrected chi connectivity index (χ4v) is 2.06. The van der Waals surface area contributed by atoms with Crippen LogP contribution in [0.15, 0.2) is 48.5 Å². The smallest absolute Gasteiger partial charge is 0.328 e. The molecule has 2 aromatic rings. The highest BCUT2D eigenvalue weighted by atomic mass is 16.5. The third-order valence-corrected chi connectivity index (χ3v) is 3.16. The molecule has 0 aliphatic carbocycles. The first-order valence-electron chi connectivity index (χ1n) is 6.97. The number of carboxylic acid groups (broad SMARTS) is 1. The molecule has 5 nitrogen and oxygen atoms in total. The van der Waals surface area contributed by atoms with Gasteiger partial charge in [0.2, 0.25) is 0 Å². The van der Waals surface area contributed by atoms with Gasteiger partial charge >= 0.3 is 5.97 Å². The van der Waals surface area contributed by atoms with E-state index in [9.17, 15) is 4.79 Å². The summed E-state index contributed by atoms with van der Waals surface area (Å²) in [4.78, 5) is 10.7. The summed E-state index contributed by atoms with van der Waals surface area (Å²) >= 11 is 0. The van der Waals surface area contributed by atoms with E-state index >= 15 is 0 Å². The van der Waals surface area contributed by atoms with Crippen molar-refractivity contribution in [2.45, 2.75) is 6.61 Å². The van der Waals surface area contributed by atoms with Gasteiger partial charge in [-0.15, -0.1) is 0 Å². The summed E-state index contributed by atoms with van der Waals surface area (Å²) in [7, 11) is 3.02. The second kappa shape index (κ2) is 7.89. The molecular formula is C18H18O5. The molecule has 0 saturated carbocycles. The molecule has 2 rings (SSSR count). The Morgan fingerprint density at radius 1 is 1.09 bits per heavy atom. The molecule has 0 aliphatic rings. The van der Waals surface area contributed by atoms with Crippen molar-refractivity contribution in [1.29, 1.82) is 0 Å². The highest BCUT2D eigenvalue weighted by Gasteiger charge is 2.11. The summed E-state index contributed by atoms with van der Waals surface area (Å²) in [5.74, 6) is 0.489. The molecule has 1 N–H and O–H groups in total. The summed E-state index contributed by atoms with van der Waals surface area (Å²) in [6.07, 6.45) is 2.46. The average molecular weight is 314 g/mol. The van der Waals surface area contributed by atoms with E-state index in [0.29, 0.717) is 29.4 Å². The molecule has 23 heavy (non-hydrogen) atoms. The predicted octanol–water partition coefficient (Wildman–Crippen LogP) is 3.38. The first-order chi connectivity index (χ1) is 11.1. The summed E-state index contributed by atoms with van der Waals surface area (Å²) < 4.78 is 16.4. The Morgan fingerprint density at radius 3 is 2.22 bits per heavy atom. The van der Waals surface area contributed by atoms with Gasteiger partial charge in [-0.3, -0.25) is 0 Å². The number of hydrogen-bond acceptors (Lipinski definition) is 4. The van der Waals surface area contributed by atoms with Crippen LogP contribution in [0.4, 0.5) is 0 Å². The summed E-state index contributed by atoms with van der Waals surface area (Å²) in [6, 6.07) is 13.2. The molecule has 120 valence electrons. The van der Waals surface area contributed by atoms with Crippen molar-refractivity contribution in [2.75, 3.05) is 14.2 Å². The van der Waals surface area contributed by atoms with E-state index in [-0.39, 0.29) is 0 Å². The van der Waals surface area contributed by atoms with Gasteiger partial charge in [0.1, 0.15) is 23.9 Å². The minimum Gasteiger partial charge on any atom is -0.496 e. The molecule has 0 aliphatic heterocycles. The van der Waals surface area contributed by atoms with Gasteiger partial charge in [-0.25, -0.2) is 4.79 Å². The maximum absolute atomic E-state index is 10.7. The van der Waals surface area contributed by atoms with Crippen molar-refractivity contribution in [1.82, 2.24) is 0 Å². The second-order valence-electron chi connectivity index (χ2n) is 4.69. The van der Waals surface area contributed by atoms with Crippen molar-refractivity contribution in [3.05, 3.63) is 59.7 Å². The molecule has 0 bridgehead atoms. The van der Waals surface area contributed by atoms with Gasteiger partial charge in [-0.2, -0.15) is 0 Å². The van der Waals surface area contributed by atoms with Crippen LogP contribution in [0.5, 0.6) is 17.2 Å². The molecule has 0 heterocycles. The molecule has 0 spiro atoms. The van der Waals surface area contributed by atoms with Crippen LogP contribution in [0, 0.1) is 0 Å². The van der Waals surface area contributed by atoms with Crippen LogP contribution in [0.1, 0.15) is 11.1 Å². The number of methoxy groups -OCH3 is 2. The Morgan fingerprint density at radius 2 is 1.70 bits per heavy atom. The van der Waals surface area contributed by atoms with E-state index < -0.39 is 5.97 Å². The third-order valence-electron chi connectivity index (χ3n) is 3.16. The average Bonchev–Trinajstić information content (AvgIpc) is 2.58. The lowest BCUT2D eigenvalue weighted by atomic mass is 10.1. The zero-order chi connectivity index (χ0) is 16.7. The van der Waals surface area contributed by atoms with Gasteiger partial charge in [-0.1, -0.05) is 30.3 Å². The lowest BCUT2D eigenvalue weighted by molar-refractivity contribution is -0.131. The van der Waals surface area contributed by atoms with E-state index in [2.05, 4.69) is 0 Å². The van der Waals surface area contributed by atoms with Gasteiger partial charge in [-0.05, 0) is 11.6 Å². The van der Waals surface area contributed by atoms with Crippen molar-refractivity contribution in [3.63, 3.8) is 0 Å². The fraction of sp³-hybridized carbons (Fsp3) is 0.167. The summed E-state index contributed by atoms with van der Waals surface area (Å²) in [5.41, 5.74) is 1.59. The molecule has 0 atom stereocenters. The monoisotopic (exact) mass is 314 g/mol. The van der Waals surface area contributed by atoms with Crippen LogP contribution >= 0.6 is 0 Å². The predicted molar refractivity (Wildman–Crippen MR) is 87.0 cm³/mol. The fourth-order valence-electron chi connectivity index (χ4n) is 2.06. The van der Waals surface area contributed by atoms with Gasteiger partial charge < -0.3 is 19.3 Å². The first kappa shape index (κ1) is 16.4. The van der Waals surface area contributed by atoms with Crippen molar-refractivity contribution in [2.24, 2.45) is 0 Å². The zero-order valence-corrected chi connectivity index (χ0v) is 13.0. The minimum absolute atomic E-state index is 0.414. The number of hydrogen-bond donors (Lipinski definition) is 1. The first-order valence-corrected chi connectivity index (χ1v) is 6.97. The highest BCUT2D eigenvalue weighted by Crippen LogP contribution is 2.35. The lowest BCUT2D eigenvalue weighted by Crippen LogP contribution is -1.99. The maximum atomic E-state index is 10.7. The van der Waals surface area contributed by atoms with Crippen LogP contribution in [0.3, 0.4) is 0 Å². The largest absolute Gasteiger partial charge is 0.496 e. The zero-order valence-electron chi connectivity index (χ0n) is 13.0. The molecule has 0 fully saturated rings. The molecule has 0 unspecified atom stereocenters. The summed E-state index contributed by atoms with van der Waals surface area (Å²) in [6.45, 7) is 0.414. The standard InChI is InChI=1S/C18H18O5/c1-21-16-10-14(23-12-13-6-4-3-5-7-13)11-17(22-2)15(16)8-9-18(19)20/h3-11H,12H2,1-2H3,(H,19,20)/b9-8+. The third kappa shape index (κ3) is 4.51. The number of benzene rings is 2. The molecule has 5 heteroatoms. The molecule has 0 amide bonds. The number of carbonyl (C=O) groups is 1. The van der Waals surface area contributed by atoms with E-state index in [1.807, 2.05) is 30.3 Å². The van der Waals surface area contributed by atoms with E-state index in [1.165, 1.54) is 20.3 Å². The van der Waals surface area contributed by atoms with Gasteiger partial charge in [0.05, 0.1) is 19.8 Å². The van der Waals surface area contributed by atoms with Crippen LogP contribution < -0.4 is 14.2 Å². The normalized spacial score (nSPS) is 10.5. The SMILES string of the molecule is COc1cc(OCc2ccccc2)cc(OC)c1/C=C/C(=O)O. The topological polar surface area (TPSA) is 65.0 Å². The van der Waals surface area contributed by atoms with Crippen LogP contribution in [0.25, 0.3) is 6.08 Å². The Balaban J connectivity index is 2.26. The molecule has 0 radical (unpaired) electrons. The number of ether oxygens (including phenoxy) is 3. The summed E-state index contributed by atoms with van der Waals surface area (Å²) in [5, 5.41) is 8.77. The number of rotatable bonds is 7. The van der Waals surface area contributed by atoms with Gasteiger partial charge in [0.25, 0.3) is 0 Å². The highest BCUT2D eigenvalue weighted by molar-refractivity contribution is 5.87. The maximum Gasteiger partial charge on any atom is 0.328 e. The van der Waals surface area contributed by atoms with Crippen molar-refractivity contribution in [3.8, 4) is 17.2 Å². The lowest BCUT2D eigenvalue weighted by Gasteiger charge is -2.14. The van der Waals surface area contributed by atoms with Crippen LogP contribution in [-0.4, -0.2) is 25.3 Å². The molecular weight excluding hydrogens is 296 g/mol. The van der Waals surface area contributed by atoms with Gasteiger partial charge in [0.15, 0.2) is 0 Å². The molecule has 0 aromatic heterocycles. The Labute approximate surface area is 134 Å². The number of aliphatic carboxylic acids is 1. The van der Waals surface area contributed by atoms with Crippen molar-refractivity contribution >= 4 is 12.0 Å². The van der Waals surface area contributed by atoms with E-state index in [0.717, 1.165) is 11.6 Å². The van der Waals surface area contributed by atoms with Crippen LogP contribution in [-0.2, 0) is 11.4 Å². The molecule has 0 saturated heterocycles. The van der Waals surface area contributed by atoms with E-state index in [1.54, 1.807) is 12.1 Å². The Kier molecular flexibility index (Phi) is 5.63. The second-order valence-corrected chi connectivity index (χ2v) is 4.69. The minimum atomic E-state index is -1.04.